The summed E-state index contributed by atoms with van der Waals surface area (Å²) in [5, 5.41) is 28.0. The van der Waals surface area contributed by atoms with E-state index < -0.39 is 131 Å². The van der Waals surface area contributed by atoms with Gasteiger partial charge in [0.2, 0.25) is 23.6 Å². The summed E-state index contributed by atoms with van der Waals surface area (Å²) in [5.41, 5.74) is 5.29. The zero-order valence-corrected chi connectivity index (χ0v) is 50.3. The number of nitrogens with two attached hydrogens (primary N) is 2. The fourth-order valence-electron chi connectivity index (χ4n) is 13.4. The lowest BCUT2D eigenvalue weighted by atomic mass is 9.44. The third-order valence-corrected chi connectivity index (χ3v) is 18.1. The highest BCUT2D eigenvalue weighted by atomic mass is 19.1. The minimum absolute atomic E-state index is 0.0155. The Morgan fingerprint density at radius 2 is 1.58 bits per heavy atom. The van der Waals surface area contributed by atoms with Crippen LogP contribution in [0.1, 0.15) is 150 Å². The number of allylic oxidation sites excluding steroid dienone is 4. The van der Waals surface area contributed by atoms with Crippen molar-refractivity contribution in [3.8, 4) is 0 Å². The molecule has 6 rings (SSSR count). The number of Topliss-reactive ketones (excluding diaryl/α,β-unsaturated/α-hetero) is 1. The Labute approximate surface area is 498 Å². The van der Waals surface area contributed by atoms with Crippen molar-refractivity contribution in [1.29, 1.82) is 0 Å². The molecule has 4 aliphatic carbocycles. The average molecular weight is 1200 g/mol. The normalized spacial score (nSPS) is 28.6. The molecule has 21 nitrogen and oxygen atoms in total. The first kappa shape index (κ1) is 68.0. The molecule has 0 aromatic heterocycles. The number of carbonyl (C=O) groups excluding carboxylic acids is 8. The van der Waals surface area contributed by atoms with Crippen LogP contribution in [-0.4, -0.2) is 139 Å². The van der Waals surface area contributed by atoms with E-state index in [0.29, 0.717) is 43.5 Å². The second-order valence-corrected chi connectivity index (χ2v) is 24.3. The number of ether oxygens (including phenoxy) is 4. The van der Waals surface area contributed by atoms with Gasteiger partial charge < -0.3 is 67.4 Å². The maximum atomic E-state index is 17.9. The van der Waals surface area contributed by atoms with Gasteiger partial charge in [-0.15, -0.1) is 6.58 Å². The number of ketones is 2. The second kappa shape index (κ2) is 30.5. The molecule has 1 aromatic rings. The summed E-state index contributed by atoms with van der Waals surface area (Å²) >= 11 is 0. The molecule has 472 valence electrons. The summed E-state index contributed by atoms with van der Waals surface area (Å²) in [4.78, 5) is 105. The first-order valence-corrected chi connectivity index (χ1v) is 30.4. The Morgan fingerprint density at radius 1 is 0.871 bits per heavy atom. The summed E-state index contributed by atoms with van der Waals surface area (Å²) in [5.74, 6) is -5.29. The number of aliphatic hydroxyl groups is 1. The van der Waals surface area contributed by atoms with Crippen molar-refractivity contribution in [2.75, 3.05) is 31.6 Å². The molecule has 1 aliphatic heterocycles. The van der Waals surface area contributed by atoms with Crippen LogP contribution in [0.25, 0.3) is 0 Å². The maximum absolute atomic E-state index is 17.9. The molecule has 4 fully saturated rings. The Hall–Kier alpha value is -6.14. The van der Waals surface area contributed by atoms with Crippen molar-refractivity contribution in [2.45, 2.75) is 211 Å². The van der Waals surface area contributed by atoms with Gasteiger partial charge in [0.1, 0.15) is 31.5 Å². The number of rotatable bonds is 33. The molecule has 3 unspecified atom stereocenters. The highest BCUT2D eigenvalue weighted by Gasteiger charge is 2.80. The number of benzene rings is 1. The fraction of sp³-hybridized carbons (Fsp3) is 0.677. The van der Waals surface area contributed by atoms with E-state index in [2.05, 4.69) is 45.4 Å². The lowest BCUT2D eigenvalue weighted by Crippen LogP contribution is -2.71. The van der Waals surface area contributed by atoms with Crippen molar-refractivity contribution < 1.29 is 71.2 Å². The molecule has 1 aromatic carbocycles. The van der Waals surface area contributed by atoms with Crippen LogP contribution in [0.4, 0.5) is 24.1 Å². The molecule has 3 saturated carbocycles. The van der Waals surface area contributed by atoms with E-state index in [0.717, 1.165) is 31.8 Å². The van der Waals surface area contributed by atoms with Crippen LogP contribution in [0, 0.1) is 28.6 Å². The molecular formula is C62H92F2N8O13. The number of hydrogen-bond acceptors (Lipinski definition) is 14. The van der Waals surface area contributed by atoms with Crippen LogP contribution >= 0.6 is 0 Å². The smallest absolute Gasteiger partial charge is 0.407 e. The molecule has 11 N–H and O–H groups in total. The SMILES string of the molecule is C=CC(CCCCCCC)OCC(=O)NCCCC[C@H](N)C(=O)N[C@H](C(=O)N[C@@H](CCCNC(N)=O)C(=O)Nc1ccc(COC(=O)NCC(=O)[C@@]23OC(CCC)O[C@@H]2CC2[C@@H]4C[C@H](F)C5=CC(=O)C=C[C@]5(C)[C@@]4(F)[C@@H](O)C[C@@]23C)cc1)C(C)C. The molecule has 0 radical (unpaired) electrons. The van der Waals surface area contributed by atoms with Crippen molar-refractivity contribution in [2.24, 2.45) is 40.1 Å². The van der Waals surface area contributed by atoms with Crippen LogP contribution in [0.3, 0.4) is 0 Å². The van der Waals surface area contributed by atoms with Crippen LogP contribution in [-0.2, 0) is 54.3 Å². The van der Waals surface area contributed by atoms with E-state index in [4.69, 9.17) is 30.4 Å². The fourth-order valence-corrected chi connectivity index (χ4v) is 13.4. The number of hydrogen-bond donors (Lipinski definition) is 9. The summed E-state index contributed by atoms with van der Waals surface area (Å²) in [7, 11) is 0. The van der Waals surface area contributed by atoms with Crippen molar-refractivity contribution in [3.05, 3.63) is 66.3 Å². The lowest BCUT2D eigenvalue weighted by molar-refractivity contribution is -0.233. The van der Waals surface area contributed by atoms with Gasteiger partial charge in [0, 0.05) is 35.5 Å². The Balaban J connectivity index is 0.990. The summed E-state index contributed by atoms with van der Waals surface area (Å²) < 4.78 is 58.2. The number of nitrogens with one attached hydrogen (secondary N) is 6. The highest BCUT2D eigenvalue weighted by molar-refractivity contribution is 6.01. The molecule has 23 heteroatoms. The molecule has 1 heterocycles. The number of carbonyl (C=O) groups is 8. The van der Waals surface area contributed by atoms with Gasteiger partial charge in [-0.05, 0) is 118 Å². The summed E-state index contributed by atoms with van der Waals surface area (Å²) in [6.45, 7) is 14.2. The van der Waals surface area contributed by atoms with Gasteiger partial charge in [-0.1, -0.05) is 97.4 Å². The number of unbranched alkanes of at least 4 members (excludes halogenated alkanes) is 5. The predicted molar refractivity (Wildman–Crippen MR) is 313 cm³/mol. The van der Waals surface area contributed by atoms with Crippen LogP contribution in [0.5, 0.6) is 0 Å². The third kappa shape index (κ3) is 15.9. The monoisotopic (exact) mass is 1190 g/mol. The van der Waals surface area contributed by atoms with Crippen molar-refractivity contribution in [3.63, 3.8) is 0 Å². The van der Waals surface area contributed by atoms with Gasteiger partial charge in [0.15, 0.2) is 29.1 Å². The number of anilines is 1. The zero-order valence-electron chi connectivity index (χ0n) is 50.3. The molecule has 85 heavy (non-hydrogen) atoms. The topological polar surface area (TPSA) is 318 Å². The predicted octanol–water partition coefficient (Wildman–Crippen LogP) is 6.25. The highest BCUT2D eigenvalue weighted by Crippen LogP contribution is 2.72. The number of aliphatic hydroxyl groups excluding tert-OH is 1. The number of alkyl halides is 2. The Morgan fingerprint density at radius 3 is 2.26 bits per heavy atom. The third-order valence-electron chi connectivity index (χ3n) is 18.1. The number of alkyl carbamates (subject to hydrolysis) is 1. The molecule has 0 bridgehead atoms. The number of halogens is 2. The maximum Gasteiger partial charge on any atom is 0.407 e. The summed E-state index contributed by atoms with van der Waals surface area (Å²) in [6, 6.07) is 2.33. The minimum atomic E-state index is -2.38. The number of fused-ring (bicyclic) bond motifs is 7. The van der Waals surface area contributed by atoms with Gasteiger partial charge >= 0.3 is 12.1 Å². The number of primary amides is 1. The van der Waals surface area contributed by atoms with E-state index >= 15 is 8.78 Å². The van der Waals surface area contributed by atoms with Crippen LogP contribution in [0.15, 0.2) is 60.7 Å². The molecule has 1 saturated heterocycles. The van der Waals surface area contributed by atoms with Crippen molar-refractivity contribution in [1.82, 2.24) is 26.6 Å². The average Bonchev–Trinajstić information content (AvgIpc) is 1.61. The van der Waals surface area contributed by atoms with Gasteiger partial charge in [-0.2, -0.15) is 0 Å². The van der Waals surface area contributed by atoms with Gasteiger partial charge in [0.05, 0.1) is 30.9 Å². The van der Waals surface area contributed by atoms with Crippen LogP contribution < -0.4 is 43.4 Å². The number of amides is 7. The van der Waals surface area contributed by atoms with Gasteiger partial charge in [-0.25, -0.2) is 18.4 Å². The standard InChI is InChI=1S/C62H92F2N8O13/c1-8-11-12-13-14-19-41(10-3)82-36-51(76)67-28-16-15-20-46(65)54(77)72-53(37(4)5)56(79)71-47(21-17-29-68-57(66)80)55(78)70-39-24-22-38(23-25-39)35-83-58(81)69-34-49(75)62-50(84-52(85-62)18-9-2)32-42-43-31-45(63)44-30-40(73)26-27-59(44,6)61(43,64)48(74)33-60(42,62)7/h10,22-27,30,37,41-43,45-48,50,52-53,74H,3,8-9,11-21,28-29,31-36,65H2,1-2,4-7H3,(H,67,76)(H,69,81)(H,70,78)(H,71,79)(H,72,77)(H3,66,68,80)/t41?,42?,43-,45-,46-,47-,48-,50+,52?,53-,59-,60-,61-,62+/m0/s1. The van der Waals surface area contributed by atoms with E-state index in [1.807, 2.05) is 6.92 Å². The Kier molecular flexibility index (Phi) is 24.4. The Bertz CT molecular complexity index is 2610. The minimum Gasteiger partial charge on any atom is -0.445 e. The first-order valence-electron chi connectivity index (χ1n) is 30.4. The van der Waals surface area contributed by atoms with Gasteiger partial charge in [0.25, 0.3) is 0 Å². The zero-order chi connectivity index (χ0) is 62.3. The largest absolute Gasteiger partial charge is 0.445 e. The van der Waals surface area contributed by atoms with Crippen LogP contribution in [0.2, 0.25) is 0 Å². The van der Waals surface area contributed by atoms with Crippen molar-refractivity contribution >= 4 is 53.0 Å². The quantitative estimate of drug-likeness (QED) is 0.0278. The molecule has 7 amide bonds. The molecule has 5 aliphatic rings. The van der Waals surface area contributed by atoms with E-state index in [9.17, 15) is 43.5 Å². The van der Waals surface area contributed by atoms with Gasteiger partial charge in [-0.3, -0.25) is 28.8 Å². The van der Waals surface area contributed by atoms with E-state index in [-0.39, 0.29) is 75.9 Å². The molecule has 0 spiro atoms. The van der Waals surface area contributed by atoms with E-state index in [1.54, 1.807) is 51.1 Å². The number of urea groups is 1. The lowest BCUT2D eigenvalue weighted by Gasteiger charge is -2.63. The summed E-state index contributed by atoms with van der Waals surface area (Å²) in [6.07, 6.45) is 7.96. The second-order valence-electron chi connectivity index (χ2n) is 24.3. The first-order chi connectivity index (χ1) is 40.4. The van der Waals surface area contributed by atoms with E-state index in [1.165, 1.54) is 31.9 Å². The molecule has 14 atom stereocenters. The molecular weight excluding hydrogens is 1100 g/mol.